The summed E-state index contributed by atoms with van der Waals surface area (Å²) in [5.74, 6) is 0. The standard InChI is InChI=1S/C18H17Cl2N5O3S/c19-13-5-6-15(20)17(11-13)29(27,28)24-9-7-23(8-10-24)12-25-18(26)14-3-1-2-4-16(14)21-22-25/h1-6,11H,7-10,12H2. The van der Waals surface area contributed by atoms with E-state index >= 15 is 0 Å². The van der Waals surface area contributed by atoms with Gasteiger partial charge in [0.2, 0.25) is 10.0 Å². The molecule has 0 radical (unpaired) electrons. The van der Waals surface area contributed by atoms with Crippen molar-refractivity contribution in [2.45, 2.75) is 11.6 Å². The predicted molar refractivity (Wildman–Crippen MR) is 111 cm³/mol. The van der Waals surface area contributed by atoms with Crippen LogP contribution in [0.25, 0.3) is 10.9 Å². The van der Waals surface area contributed by atoms with Gasteiger partial charge >= 0.3 is 0 Å². The highest BCUT2D eigenvalue weighted by Crippen LogP contribution is 2.28. The number of benzene rings is 2. The Balaban J connectivity index is 1.48. The maximum Gasteiger partial charge on any atom is 0.278 e. The highest BCUT2D eigenvalue weighted by molar-refractivity contribution is 7.89. The van der Waals surface area contributed by atoms with Crippen molar-refractivity contribution in [2.75, 3.05) is 26.2 Å². The maximum absolute atomic E-state index is 12.9. The fraction of sp³-hybridized carbons (Fsp3) is 0.278. The number of piperazine rings is 1. The molecule has 1 fully saturated rings. The SMILES string of the molecule is O=c1c2ccccc2nnn1CN1CCN(S(=O)(=O)c2cc(Cl)ccc2Cl)CC1. The molecule has 1 aliphatic rings. The second-order valence-electron chi connectivity index (χ2n) is 6.65. The molecule has 4 rings (SSSR count). The van der Waals surface area contributed by atoms with Gasteiger partial charge in [0.1, 0.15) is 10.4 Å². The van der Waals surface area contributed by atoms with Crippen LogP contribution in [-0.2, 0) is 16.7 Å². The van der Waals surface area contributed by atoms with Crippen molar-refractivity contribution in [3.8, 4) is 0 Å². The number of rotatable bonds is 4. The van der Waals surface area contributed by atoms with Gasteiger partial charge in [0.15, 0.2) is 0 Å². The van der Waals surface area contributed by atoms with Gasteiger partial charge in [-0.15, -0.1) is 5.10 Å². The van der Waals surface area contributed by atoms with Gasteiger partial charge in [0.05, 0.1) is 17.1 Å². The van der Waals surface area contributed by atoms with Crippen molar-refractivity contribution < 1.29 is 8.42 Å². The molecule has 2 aromatic carbocycles. The summed E-state index contributed by atoms with van der Waals surface area (Å²) in [6, 6.07) is 11.4. The molecule has 0 spiro atoms. The molecule has 0 aliphatic carbocycles. The normalized spacial score (nSPS) is 16.3. The van der Waals surface area contributed by atoms with Crippen LogP contribution in [-0.4, -0.2) is 58.8 Å². The molecule has 8 nitrogen and oxygen atoms in total. The van der Waals surface area contributed by atoms with Crippen LogP contribution in [0.1, 0.15) is 0 Å². The number of halogens is 2. The fourth-order valence-electron chi connectivity index (χ4n) is 3.23. The van der Waals surface area contributed by atoms with Crippen molar-refractivity contribution in [2.24, 2.45) is 0 Å². The van der Waals surface area contributed by atoms with Gasteiger partial charge in [0.25, 0.3) is 5.56 Å². The molecule has 0 atom stereocenters. The largest absolute Gasteiger partial charge is 0.282 e. The Morgan fingerprint density at radius 1 is 1.00 bits per heavy atom. The van der Waals surface area contributed by atoms with Crippen LogP contribution in [0.3, 0.4) is 0 Å². The smallest absolute Gasteiger partial charge is 0.278 e. The van der Waals surface area contributed by atoms with E-state index in [0.29, 0.717) is 29.0 Å². The Morgan fingerprint density at radius 3 is 2.48 bits per heavy atom. The number of fused-ring (bicyclic) bond motifs is 1. The molecule has 0 bridgehead atoms. The van der Waals surface area contributed by atoms with Gasteiger partial charge < -0.3 is 0 Å². The molecule has 29 heavy (non-hydrogen) atoms. The van der Waals surface area contributed by atoms with Crippen molar-refractivity contribution in [3.05, 3.63) is 62.9 Å². The molecule has 0 unspecified atom stereocenters. The lowest BCUT2D eigenvalue weighted by atomic mass is 10.2. The van der Waals surface area contributed by atoms with Crippen LogP contribution >= 0.6 is 23.2 Å². The first-order chi connectivity index (χ1) is 13.9. The topological polar surface area (TPSA) is 88.4 Å². The first kappa shape index (κ1) is 20.2. The van der Waals surface area contributed by atoms with Crippen molar-refractivity contribution in [1.82, 2.24) is 24.2 Å². The van der Waals surface area contributed by atoms with Crippen molar-refractivity contribution in [1.29, 1.82) is 0 Å². The van der Waals surface area contributed by atoms with Crippen LogP contribution in [0, 0.1) is 0 Å². The lowest BCUT2D eigenvalue weighted by Gasteiger charge is -2.33. The maximum atomic E-state index is 12.9. The zero-order valence-electron chi connectivity index (χ0n) is 15.2. The molecule has 11 heteroatoms. The summed E-state index contributed by atoms with van der Waals surface area (Å²) in [6.07, 6.45) is 0. The van der Waals surface area contributed by atoms with Crippen LogP contribution in [0.2, 0.25) is 10.0 Å². The lowest BCUT2D eigenvalue weighted by Crippen LogP contribution is -2.49. The minimum absolute atomic E-state index is 0.00303. The Hall–Kier alpha value is -2.04. The van der Waals surface area contributed by atoms with E-state index in [1.165, 1.54) is 21.1 Å². The van der Waals surface area contributed by atoms with Crippen LogP contribution < -0.4 is 5.56 Å². The van der Waals surface area contributed by atoms with Crippen LogP contribution in [0.15, 0.2) is 52.2 Å². The third-order valence-corrected chi connectivity index (χ3v) is 7.42. The van der Waals surface area contributed by atoms with Crippen LogP contribution in [0.4, 0.5) is 0 Å². The number of hydrogen-bond acceptors (Lipinski definition) is 6. The second kappa shape index (κ2) is 8.00. The van der Waals surface area contributed by atoms with E-state index in [2.05, 4.69) is 10.3 Å². The molecular weight excluding hydrogens is 437 g/mol. The van der Waals surface area contributed by atoms with Gasteiger partial charge in [-0.3, -0.25) is 9.69 Å². The Labute approximate surface area is 177 Å². The molecule has 0 amide bonds. The molecular formula is C18H17Cl2N5O3S. The predicted octanol–water partition coefficient (Wildman–Crippen LogP) is 2.06. The summed E-state index contributed by atoms with van der Waals surface area (Å²) in [5.41, 5.74) is 0.319. The number of sulfonamides is 1. The number of nitrogens with zero attached hydrogens (tertiary/aromatic N) is 5. The Kier molecular flexibility index (Phi) is 5.58. The molecule has 2 heterocycles. The van der Waals surface area contributed by atoms with Crippen molar-refractivity contribution in [3.63, 3.8) is 0 Å². The summed E-state index contributed by atoms with van der Waals surface area (Å²) in [4.78, 5) is 14.5. The minimum atomic E-state index is -3.75. The summed E-state index contributed by atoms with van der Waals surface area (Å²) in [5, 5.41) is 9.00. The van der Waals surface area contributed by atoms with Gasteiger partial charge in [-0.1, -0.05) is 40.5 Å². The van der Waals surface area contributed by atoms with Gasteiger partial charge in [-0.25, -0.2) is 8.42 Å². The van der Waals surface area contributed by atoms with Crippen molar-refractivity contribution >= 4 is 44.1 Å². The first-order valence-electron chi connectivity index (χ1n) is 8.86. The van der Waals surface area contributed by atoms with E-state index in [1.807, 2.05) is 4.90 Å². The molecule has 152 valence electrons. The van der Waals surface area contributed by atoms with Crippen LogP contribution in [0.5, 0.6) is 0 Å². The number of hydrogen-bond donors (Lipinski definition) is 0. The highest BCUT2D eigenvalue weighted by Gasteiger charge is 2.30. The zero-order valence-corrected chi connectivity index (χ0v) is 17.5. The first-order valence-corrected chi connectivity index (χ1v) is 11.1. The van der Waals surface area contributed by atoms with E-state index in [9.17, 15) is 13.2 Å². The average molecular weight is 454 g/mol. The van der Waals surface area contributed by atoms with E-state index in [-0.39, 0.29) is 35.2 Å². The quantitative estimate of drug-likeness (QED) is 0.600. The van der Waals surface area contributed by atoms with Gasteiger partial charge in [-0.05, 0) is 30.3 Å². The fourth-order valence-corrected chi connectivity index (χ4v) is 5.39. The average Bonchev–Trinajstić information content (AvgIpc) is 2.72. The second-order valence-corrected chi connectivity index (χ2v) is 9.40. The molecule has 3 aromatic rings. The minimum Gasteiger partial charge on any atom is -0.282 e. The monoisotopic (exact) mass is 453 g/mol. The van der Waals surface area contributed by atoms with Gasteiger partial charge in [-0.2, -0.15) is 8.99 Å². The van der Waals surface area contributed by atoms with E-state index < -0.39 is 10.0 Å². The van der Waals surface area contributed by atoms with Gasteiger partial charge in [0, 0.05) is 31.2 Å². The molecule has 1 aromatic heterocycles. The third kappa shape index (κ3) is 4.01. The third-order valence-electron chi connectivity index (χ3n) is 4.81. The Morgan fingerprint density at radius 2 is 1.72 bits per heavy atom. The molecule has 1 aliphatic heterocycles. The molecule has 0 N–H and O–H groups in total. The summed E-state index contributed by atoms with van der Waals surface area (Å²) in [7, 11) is -3.75. The zero-order chi connectivity index (χ0) is 20.6. The van der Waals surface area contributed by atoms with E-state index in [4.69, 9.17) is 23.2 Å². The lowest BCUT2D eigenvalue weighted by molar-refractivity contribution is 0.141. The number of aromatic nitrogens is 3. The van der Waals surface area contributed by atoms with E-state index in [0.717, 1.165) is 0 Å². The molecule has 0 saturated carbocycles. The summed E-state index contributed by atoms with van der Waals surface area (Å²) < 4.78 is 28.5. The highest BCUT2D eigenvalue weighted by atomic mass is 35.5. The van der Waals surface area contributed by atoms with E-state index in [1.54, 1.807) is 30.3 Å². The summed E-state index contributed by atoms with van der Waals surface area (Å²) >= 11 is 12.0. The summed E-state index contributed by atoms with van der Waals surface area (Å²) in [6.45, 7) is 1.65. The molecule has 1 saturated heterocycles. The Bertz CT molecular complexity index is 1220.